The second kappa shape index (κ2) is 14.0. The van der Waals surface area contributed by atoms with Crippen LogP contribution in [0.3, 0.4) is 0 Å². The van der Waals surface area contributed by atoms with Gasteiger partial charge in [0.05, 0.1) is 18.5 Å². The van der Waals surface area contributed by atoms with E-state index in [1.165, 1.54) is 18.9 Å². The Labute approximate surface area is 122 Å². The van der Waals surface area contributed by atoms with Gasteiger partial charge in [-0.15, -0.1) is 0 Å². The molecule has 0 aliphatic heterocycles. The molecule has 0 aromatic heterocycles. The Kier molecular flexibility index (Phi) is 13.0. The van der Waals surface area contributed by atoms with Gasteiger partial charge in [-0.2, -0.15) is 0 Å². The summed E-state index contributed by atoms with van der Waals surface area (Å²) in [5.41, 5.74) is 0. The molecule has 0 amide bonds. The summed E-state index contributed by atoms with van der Waals surface area (Å²) >= 11 is 0. The summed E-state index contributed by atoms with van der Waals surface area (Å²) in [7, 11) is 0. The van der Waals surface area contributed by atoms with Crippen LogP contribution in [-0.2, 0) is 0 Å². The van der Waals surface area contributed by atoms with Crippen LogP contribution in [-0.4, -0.2) is 27.5 Å². The van der Waals surface area contributed by atoms with E-state index in [-0.39, 0.29) is 0 Å². The highest BCUT2D eigenvalue weighted by molar-refractivity contribution is 5.26. The van der Waals surface area contributed by atoms with Gasteiger partial charge in [0.15, 0.2) is 0 Å². The lowest BCUT2D eigenvalue weighted by molar-refractivity contribution is 0.00943. The zero-order valence-electron chi connectivity index (χ0n) is 12.3. The number of hydrogen-bond acceptors (Lipinski definition) is 3. The molecule has 0 rings (SSSR count). The fourth-order valence-electron chi connectivity index (χ4n) is 1.70. The Morgan fingerprint density at radius 3 is 2.35 bits per heavy atom. The van der Waals surface area contributed by atoms with Crippen molar-refractivity contribution in [3.05, 3.63) is 12.3 Å². The SMILES string of the molecule is CCCCCC[C@H](O)C(O)CCC#CC#CCC=CO. The molecule has 0 saturated heterocycles. The summed E-state index contributed by atoms with van der Waals surface area (Å²) in [6.45, 7) is 2.15. The van der Waals surface area contributed by atoms with Crippen LogP contribution in [0.1, 0.15) is 58.3 Å². The summed E-state index contributed by atoms with van der Waals surface area (Å²) in [6, 6.07) is 0. The minimum Gasteiger partial charge on any atom is -0.516 e. The van der Waals surface area contributed by atoms with Crippen molar-refractivity contribution in [2.45, 2.75) is 70.5 Å². The molecule has 0 aromatic carbocycles. The molecule has 0 saturated carbocycles. The van der Waals surface area contributed by atoms with Crippen molar-refractivity contribution in [1.29, 1.82) is 0 Å². The summed E-state index contributed by atoms with van der Waals surface area (Å²) in [6.07, 6.45) is 7.70. The number of unbranched alkanes of at least 4 members (excludes halogenated alkanes) is 3. The maximum absolute atomic E-state index is 9.76. The molecule has 0 aliphatic carbocycles. The monoisotopic (exact) mass is 278 g/mol. The lowest BCUT2D eigenvalue weighted by Crippen LogP contribution is -2.25. The van der Waals surface area contributed by atoms with E-state index in [4.69, 9.17) is 5.11 Å². The summed E-state index contributed by atoms with van der Waals surface area (Å²) in [5.74, 6) is 10.9. The molecule has 0 heterocycles. The minimum atomic E-state index is -0.698. The van der Waals surface area contributed by atoms with Crippen LogP contribution >= 0.6 is 0 Å². The first-order valence-electron chi connectivity index (χ1n) is 7.33. The highest BCUT2D eigenvalue weighted by atomic mass is 16.3. The van der Waals surface area contributed by atoms with Gasteiger partial charge in [0.25, 0.3) is 0 Å². The van der Waals surface area contributed by atoms with Gasteiger partial charge < -0.3 is 15.3 Å². The average Bonchev–Trinajstić information content (AvgIpc) is 2.46. The zero-order chi connectivity index (χ0) is 15.1. The van der Waals surface area contributed by atoms with E-state index in [9.17, 15) is 10.2 Å². The van der Waals surface area contributed by atoms with E-state index in [1.54, 1.807) is 0 Å². The second-order valence-corrected chi connectivity index (χ2v) is 4.72. The number of rotatable bonds is 9. The third-order valence-electron chi connectivity index (χ3n) is 2.93. The Hall–Kier alpha value is -1.42. The number of aliphatic hydroxyl groups is 3. The van der Waals surface area contributed by atoms with Gasteiger partial charge in [-0.25, -0.2) is 0 Å². The molecule has 0 bridgehead atoms. The molecule has 112 valence electrons. The van der Waals surface area contributed by atoms with Crippen molar-refractivity contribution in [2.75, 3.05) is 0 Å². The van der Waals surface area contributed by atoms with Gasteiger partial charge in [0.2, 0.25) is 0 Å². The molecular formula is C17H26O3. The van der Waals surface area contributed by atoms with Crippen molar-refractivity contribution in [1.82, 2.24) is 0 Å². The topological polar surface area (TPSA) is 60.7 Å². The maximum atomic E-state index is 9.76. The maximum Gasteiger partial charge on any atom is 0.0808 e. The summed E-state index contributed by atoms with van der Waals surface area (Å²) < 4.78 is 0. The van der Waals surface area contributed by atoms with Crippen molar-refractivity contribution in [3.63, 3.8) is 0 Å². The molecule has 1 unspecified atom stereocenters. The van der Waals surface area contributed by atoms with Crippen molar-refractivity contribution in [3.8, 4) is 23.7 Å². The Morgan fingerprint density at radius 1 is 0.950 bits per heavy atom. The molecule has 3 nitrogen and oxygen atoms in total. The normalized spacial score (nSPS) is 13.2. The van der Waals surface area contributed by atoms with E-state index in [0.29, 0.717) is 25.7 Å². The Morgan fingerprint density at radius 2 is 1.65 bits per heavy atom. The van der Waals surface area contributed by atoms with Crippen LogP contribution in [0.4, 0.5) is 0 Å². The van der Waals surface area contributed by atoms with Crippen molar-refractivity contribution < 1.29 is 15.3 Å². The average molecular weight is 278 g/mol. The molecule has 0 aromatic rings. The molecule has 3 N–H and O–H groups in total. The predicted molar refractivity (Wildman–Crippen MR) is 81.9 cm³/mol. The molecule has 3 heteroatoms. The summed E-state index contributed by atoms with van der Waals surface area (Å²) in [4.78, 5) is 0. The van der Waals surface area contributed by atoms with Gasteiger partial charge in [-0.05, 0) is 30.8 Å². The third-order valence-corrected chi connectivity index (χ3v) is 2.93. The van der Waals surface area contributed by atoms with E-state index in [0.717, 1.165) is 19.1 Å². The van der Waals surface area contributed by atoms with Crippen LogP contribution in [0.5, 0.6) is 0 Å². The molecule has 0 radical (unpaired) electrons. The molecule has 0 aliphatic rings. The summed E-state index contributed by atoms with van der Waals surface area (Å²) in [5, 5.41) is 27.9. The molecule has 2 atom stereocenters. The molecule has 20 heavy (non-hydrogen) atoms. The first-order valence-corrected chi connectivity index (χ1v) is 7.33. The van der Waals surface area contributed by atoms with Gasteiger partial charge in [0, 0.05) is 12.8 Å². The van der Waals surface area contributed by atoms with Crippen LogP contribution < -0.4 is 0 Å². The van der Waals surface area contributed by atoms with E-state index in [2.05, 4.69) is 30.6 Å². The first kappa shape index (κ1) is 18.6. The zero-order valence-corrected chi connectivity index (χ0v) is 12.3. The fraction of sp³-hybridized carbons (Fsp3) is 0.647. The van der Waals surface area contributed by atoms with E-state index < -0.39 is 12.2 Å². The largest absolute Gasteiger partial charge is 0.516 e. The van der Waals surface area contributed by atoms with Crippen LogP contribution in [0.25, 0.3) is 0 Å². The van der Waals surface area contributed by atoms with E-state index >= 15 is 0 Å². The minimum absolute atomic E-state index is 0.472. The second-order valence-electron chi connectivity index (χ2n) is 4.72. The number of aliphatic hydroxyl groups excluding tert-OH is 3. The molecule has 0 spiro atoms. The third kappa shape index (κ3) is 11.7. The highest BCUT2D eigenvalue weighted by Crippen LogP contribution is 2.11. The lowest BCUT2D eigenvalue weighted by Gasteiger charge is -2.16. The molecule has 0 fully saturated rings. The Balaban J connectivity index is 3.72. The smallest absolute Gasteiger partial charge is 0.0808 e. The number of hydrogen-bond donors (Lipinski definition) is 3. The van der Waals surface area contributed by atoms with Crippen molar-refractivity contribution >= 4 is 0 Å². The quantitative estimate of drug-likeness (QED) is 0.345. The lowest BCUT2D eigenvalue weighted by atomic mass is 10.0. The van der Waals surface area contributed by atoms with Crippen LogP contribution in [0.2, 0.25) is 0 Å². The predicted octanol–water partition coefficient (Wildman–Crippen LogP) is 2.93. The Bertz CT molecular complexity index is 365. The van der Waals surface area contributed by atoms with Gasteiger partial charge in [-0.1, -0.05) is 44.4 Å². The van der Waals surface area contributed by atoms with E-state index in [1.807, 2.05) is 0 Å². The van der Waals surface area contributed by atoms with Crippen LogP contribution in [0.15, 0.2) is 12.3 Å². The van der Waals surface area contributed by atoms with Gasteiger partial charge in [0.1, 0.15) is 0 Å². The highest BCUT2D eigenvalue weighted by Gasteiger charge is 2.14. The molecular weight excluding hydrogens is 252 g/mol. The van der Waals surface area contributed by atoms with Crippen molar-refractivity contribution in [2.24, 2.45) is 0 Å². The fourth-order valence-corrected chi connectivity index (χ4v) is 1.70. The standard InChI is InChI=1S/C17H26O3/c1-2-3-4-10-13-16(19)17(20)14-11-8-6-5-7-9-12-15-18/h12,15-20H,2-4,9-11,13-14H2,1H3/t16-,17?/m0/s1. The van der Waals surface area contributed by atoms with Gasteiger partial charge in [-0.3, -0.25) is 0 Å². The number of allylic oxidation sites excluding steroid dienone is 1. The van der Waals surface area contributed by atoms with Gasteiger partial charge >= 0.3 is 0 Å². The van der Waals surface area contributed by atoms with Crippen LogP contribution in [0, 0.1) is 23.7 Å². The first-order chi connectivity index (χ1) is 9.72.